The lowest BCUT2D eigenvalue weighted by atomic mass is 9.88. The van der Waals surface area contributed by atoms with Crippen molar-refractivity contribution in [1.82, 2.24) is 10.1 Å². The molecule has 1 aliphatic rings. The zero-order valence-corrected chi connectivity index (χ0v) is 19.0. The SMILES string of the molecule is C#CO.C=C(c1ccc(C)c(Nc2cnoc2C)c1)N1CCC(c2ccc(C#N)cc2)CC1. The van der Waals surface area contributed by atoms with Gasteiger partial charge in [0.15, 0.2) is 5.76 Å². The van der Waals surface area contributed by atoms with Crippen LogP contribution in [0, 0.1) is 37.7 Å². The van der Waals surface area contributed by atoms with Crippen LogP contribution in [0.4, 0.5) is 11.4 Å². The van der Waals surface area contributed by atoms with Gasteiger partial charge in [-0.25, -0.2) is 0 Å². The number of terminal acetylenes is 1. The Labute approximate surface area is 195 Å². The maximum absolute atomic E-state index is 8.99. The van der Waals surface area contributed by atoms with E-state index < -0.39 is 0 Å². The molecule has 1 aliphatic heterocycles. The molecule has 1 aromatic heterocycles. The van der Waals surface area contributed by atoms with Crippen LogP contribution >= 0.6 is 0 Å². The number of hydrogen-bond donors (Lipinski definition) is 2. The molecule has 0 unspecified atom stereocenters. The molecule has 0 radical (unpaired) electrons. The molecule has 168 valence electrons. The van der Waals surface area contributed by atoms with Crippen molar-refractivity contribution < 1.29 is 9.63 Å². The van der Waals surface area contributed by atoms with Gasteiger partial charge in [0.1, 0.15) is 11.8 Å². The normalized spacial score (nSPS) is 13.3. The predicted octanol–water partition coefficient (Wildman–Crippen LogP) is 5.71. The largest absolute Gasteiger partial charge is 0.462 e. The third kappa shape index (κ3) is 5.75. The summed E-state index contributed by atoms with van der Waals surface area (Å²) in [5, 5.41) is 23.3. The van der Waals surface area contributed by atoms with Crippen LogP contribution in [0.15, 0.2) is 59.8 Å². The summed E-state index contributed by atoms with van der Waals surface area (Å²) in [6.45, 7) is 10.3. The molecule has 0 spiro atoms. The fourth-order valence-electron chi connectivity index (χ4n) is 3.99. The Morgan fingerprint density at radius 1 is 1.18 bits per heavy atom. The maximum Gasteiger partial charge on any atom is 0.157 e. The quantitative estimate of drug-likeness (QED) is 0.495. The third-order valence-corrected chi connectivity index (χ3v) is 5.98. The van der Waals surface area contributed by atoms with E-state index in [1.54, 1.807) is 6.20 Å². The smallest absolute Gasteiger partial charge is 0.157 e. The van der Waals surface area contributed by atoms with Gasteiger partial charge in [0.2, 0.25) is 0 Å². The number of aliphatic hydroxyl groups excluding tert-OH is 1. The maximum atomic E-state index is 8.99. The number of aromatic nitrogens is 1. The van der Waals surface area contributed by atoms with E-state index in [9.17, 15) is 0 Å². The first-order valence-corrected chi connectivity index (χ1v) is 10.8. The number of benzene rings is 2. The van der Waals surface area contributed by atoms with Crippen LogP contribution in [0.5, 0.6) is 0 Å². The minimum Gasteiger partial charge on any atom is -0.462 e. The molecule has 2 N–H and O–H groups in total. The number of rotatable bonds is 5. The summed E-state index contributed by atoms with van der Waals surface area (Å²) in [5.74, 6) is 1.30. The highest BCUT2D eigenvalue weighted by molar-refractivity contribution is 5.71. The standard InChI is InChI=1S/C25H26N4O.C2H2O/c1-17-4-7-23(14-24(17)28-25-16-27-30-19(25)3)18(2)29-12-10-22(11-13-29)21-8-5-20(15-26)6-9-21;1-2-3/h4-9,14,16,22,28H,2,10-13H2,1,3H3;1,3H. The van der Waals surface area contributed by atoms with Gasteiger partial charge in [0.05, 0.1) is 17.8 Å². The number of nitriles is 1. The molecular weight excluding hydrogens is 412 g/mol. The van der Waals surface area contributed by atoms with Gasteiger partial charge in [-0.15, -0.1) is 0 Å². The highest BCUT2D eigenvalue weighted by Gasteiger charge is 2.22. The first-order valence-electron chi connectivity index (χ1n) is 10.8. The minimum absolute atomic E-state index is 0.536. The summed E-state index contributed by atoms with van der Waals surface area (Å²) in [6.07, 6.45) is 9.27. The molecule has 1 saturated heterocycles. The predicted molar refractivity (Wildman–Crippen MR) is 130 cm³/mol. The Hall–Kier alpha value is -4.16. The first kappa shape index (κ1) is 23.5. The number of likely N-dealkylation sites (tertiary alicyclic amines) is 1. The average molecular weight is 441 g/mol. The summed E-state index contributed by atoms with van der Waals surface area (Å²) in [7, 11) is 0. The summed E-state index contributed by atoms with van der Waals surface area (Å²) >= 11 is 0. The molecule has 0 atom stereocenters. The van der Waals surface area contributed by atoms with E-state index in [4.69, 9.17) is 14.9 Å². The molecule has 0 aliphatic carbocycles. The number of piperidine rings is 1. The number of aliphatic hydroxyl groups is 1. The van der Waals surface area contributed by atoms with Crippen LogP contribution in [-0.4, -0.2) is 28.3 Å². The van der Waals surface area contributed by atoms with E-state index >= 15 is 0 Å². The summed E-state index contributed by atoms with van der Waals surface area (Å²) < 4.78 is 5.15. The van der Waals surface area contributed by atoms with Crippen molar-refractivity contribution in [2.75, 3.05) is 18.4 Å². The van der Waals surface area contributed by atoms with E-state index in [1.165, 1.54) is 11.7 Å². The molecule has 1 fully saturated rings. The van der Waals surface area contributed by atoms with Gasteiger partial charge in [-0.2, -0.15) is 5.26 Å². The molecule has 3 aromatic rings. The van der Waals surface area contributed by atoms with Crippen molar-refractivity contribution in [2.24, 2.45) is 0 Å². The second-order valence-corrected chi connectivity index (χ2v) is 8.02. The van der Waals surface area contributed by atoms with Crippen LogP contribution in [0.25, 0.3) is 5.70 Å². The molecule has 4 rings (SSSR count). The van der Waals surface area contributed by atoms with Gasteiger partial charge in [-0.3, -0.25) is 0 Å². The molecule has 6 nitrogen and oxygen atoms in total. The average Bonchev–Trinajstić information content (AvgIpc) is 3.25. The van der Waals surface area contributed by atoms with Gasteiger partial charge < -0.3 is 19.8 Å². The van der Waals surface area contributed by atoms with E-state index in [0.717, 1.165) is 65.5 Å². The molecule has 2 aromatic carbocycles. The van der Waals surface area contributed by atoms with Gasteiger partial charge in [-0.1, -0.05) is 42.4 Å². The second-order valence-electron chi connectivity index (χ2n) is 8.02. The van der Waals surface area contributed by atoms with Gasteiger partial charge >= 0.3 is 0 Å². The first-order chi connectivity index (χ1) is 16.0. The molecular formula is C27H28N4O2. The minimum atomic E-state index is 0.536. The number of aryl methyl sites for hydroxylation is 2. The summed E-state index contributed by atoms with van der Waals surface area (Å²) in [4.78, 5) is 2.37. The van der Waals surface area contributed by atoms with Crippen molar-refractivity contribution in [3.63, 3.8) is 0 Å². The van der Waals surface area contributed by atoms with Crippen LogP contribution in [0.1, 0.15) is 46.8 Å². The number of nitrogens with one attached hydrogen (secondary N) is 1. The summed E-state index contributed by atoms with van der Waals surface area (Å²) in [5.41, 5.74) is 7.29. The Bertz CT molecular complexity index is 1170. The molecule has 0 saturated carbocycles. The van der Waals surface area contributed by atoms with E-state index in [-0.39, 0.29) is 0 Å². The van der Waals surface area contributed by atoms with Crippen LogP contribution in [0.3, 0.4) is 0 Å². The Morgan fingerprint density at radius 2 is 1.85 bits per heavy atom. The van der Waals surface area contributed by atoms with Crippen LogP contribution in [-0.2, 0) is 0 Å². The van der Waals surface area contributed by atoms with Gasteiger partial charge in [0.25, 0.3) is 0 Å². The zero-order chi connectivity index (χ0) is 23.8. The van der Waals surface area contributed by atoms with E-state index in [1.807, 2.05) is 19.1 Å². The molecule has 6 heteroatoms. The lowest BCUT2D eigenvalue weighted by molar-refractivity contribution is 0.299. The van der Waals surface area contributed by atoms with Crippen molar-refractivity contribution >= 4 is 17.1 Å². The van der Waals surface area contributed by atoms with E-state index in [0.29, 0.717) is 5.92 Å². The fourth-order valence-corrected chi connectivity index (χ4v) is 3.99. The Kier molecular flexibility index (Phi) is 7.78. The van der Waals surface area contributed by atoms with Crippen LogP contribution < -0.4 is 5.32 Å². The van der Waals surface area contributed by atoms with Gasteiger partial charge in [-0.05, 0) is 67.5 Å². The van der Waals surface area contributed by atoms with Crippen molar-refractivity contribution in [2.45, 2.75) is 32.6 Å². The lowest BCUT2D eigenvalue weighted by Crippen LogP contribution is -2.31. The second kappa shape index (κ2) is 10.9. The number of nitrogens with zero attached hydrogens (tertiary/aromatic N) is 3. The highest BCUT2D eigenvalue weighted by Crippen LogP contribution is 2.33. The number of hydrogen-bond acceptors (Lipinski definition) is 6. The lowest BCUT2D eigenvalue weighted by Gasteiger charge is -2.35. The van der Waals surface area contributed by atoms with Crippen LogP contribution in [0.2, 0.25) is 0 Å². The molecule has 0 bridgehead atoms. The van der Waals surface area contributed by atoms with Crippen molar-refractivity contribution in [3.8, 4) is 18.6 Å². The molecule has 0 amide bonds. The van der Waals surface area contributed by atoms with Crippen molar-refractivity contribution in [3.05, 3.63) is 83.3 Å². The topological polar surface area (TPSA) is 85.3 Å². The van der Waals surface area contributed by atoms with Gasteiger partial charge in [0, 0.05) is 24.5 Å². The van der Waals surface area contributed by atoms with Crippen molar-refractivity contribution in [1.29, 1.82) is 5.26 Å². The highest BCUT2D eigenvalue weighted by atomic mass is 16.5. The summed E-state index contributed by atoms with van der Waals surface area (Å²) in [6, 6.07) is 16.6. The zero-order valence-electron chi connectivity index (χ0n) is 19.0. The fraction of sp³-hybridized carbons (Fsp3) is 0.259. The third-order valence-electron chi connectivity index (χ3n) is 5.98. The monoisotopic (exact) mass is 440 g/mol. The molecule has 2 heterocycles. The molecule has 33 heavy (non-hydrogen) atoms. The van der Waals surface area contributed by atoms with E-state index in [2.05, 4.69) is 71.7 Å². The Morgan fingerprint density at radius 3 is 2.42 bits per heavy atom. The Balaban J connectivity index is 0.000000968. The number of anilines is 2.